The molecule has 17 heavy (non-hydrogen) atoms. The zero-order chi connectivity index (χ0) is 12.8. The molecule has 0 aliphatic carbocycles. The van der Waals surface area contributed by atoms with Gasteiger partial charge in [-0.15, -0.1) is 0 Å². The summed E-state index contributed by atoms with van der Waals surface area (Å²) >= 11 is 5.94. The number of nitro benzene ring substituents is 1. The second kappa shape index (κ2) is 6.42. The molecule has 0 fully saturated rings. The third kappa shape index (κ3) is 3.87. The van der Waals surface area contributed by atoms with Gasteiger partial charge < -0.3 is 10.1 Å². The Balaban J connectivity index is 2.85. The quantitative estimate of drug-likeness (QED) is 0.629. The van der Waals surface area contributed by atoms with Gasteiger partial charge in [-0.05, 0) is 19.9 Å². The Bertz CT molecular complexity index is 398. The molecule has 0 saturated heterocycles. The summed E-state index contributed by atoms with van der Waals surface area (Å²) < 4.78 is 5.23. The van der Waals surface area contributed by atoms with Crippen molar-refractivity contribution >= 4 is 23.0 Å². The average Bonchev–Trinajstić information content (AvgIpc) is 2.28. The lowest BCUT2D eigenvalue weighted by Crippen LogP contribution is -2.22. The standard InChI is InChI=1S/C11H15ClN2O3/c1-3-17-7-8(2)13-11-9(12)5-4-6-10(11)14(15)16/h4-6,8,13H,3,7H2,1-2H3. The van der Waals surface area contributed by atoms with E-state index in [1.54, 1.807) is 12.1 Å². The first kappa shape index (κ1) is 13.7. The van der Waals surface area contributed by atoms with E-state index in [9.17, 15) is 10.1 Å². The normalized spacial score (nSPS) is 12.2. The molecule has 0 heterocycles. The Morgan fingerprint density at radius 2 is 2.29 bits per heavy atom. The molecule has 1 rings (SSSR count). The topological polar surface area (TPSA) is 64.4 Å². The van der Waals surface area contributed by atoms with Crippen molar-refractivity contribution in [1.29, 1.82) is 0 Å². The molecule has 0 saturated carbocycles. The Labute approximate surface area is 105 Å². The molecule has 6 heteroatoms. The van der Waals surface area contributed by atoms with E-state index in [0.29, 0.717) is 23.9 Å². The van der Waals surface area contributed by atoms with E-state index >= 15 is 0 Å². The third-order valence-corrected chi connectivity index (χ3v) is 2.47. The highest BCUT2D eigenvalue weighted by Gasteiger charge is 2.18. The number of benzene rings is 1. The van der Waals surface area contributed by atoms with Gasteiger partial charge in [0.05, 0.1) is 16.6 Å². The van der Waals surface area contributed by atoms with Gasteiger partial charge in [0.1, 0.15) is 5.69 Å². The Morgan fingerprint density at radius 1 is 1.59 bits per heavy atom. The summed E-state index contributed by atoms with van der Waals surface area (Å²) in [5.41, 5.74) is 0.312. The van der Waals surface area contributed by atoms with Crippen LogP contribution in [0.5, 0.6) is 0 Å². The van der Waals surface area contributed by atoms with E-state index in [-0.39, 0.29) is 11.7 Å². The van der Waals surface area contributed by atoms with Crippen LogP contribution in [0.4, 0.5) is 11.4 Å². The summed E-state index contributed by atoms with van der Waals surface area (Å²) in [4.78, 5) is 10.4. The molecular weight excluding hydrogens is 244 g/mol. The fourth-order valence-corrected chi connectivity index (χ4v) is 1.61. The molecule has 1 atom stereocenters. The van der Waals surface area contributed by atoms with Crippen molar-refractivity contribution < 1.29 is 9.66 Å². The molecule has 94 valence electrons. The predicted molar refractivity (Wildman–Crippen MR) is 67.7 cm³/mol. The molecule has 0 radical (unpaired) electrons. The monoisotopic (exact) mass is 258 g/mol. The summed E-state index contributed by atoms with van der Waals surface area (Å²) in [5, 5.41) is 14.2. The fraction of sp³-hybridized carbons (Fsp3) is 0.455. The molecule has 1 aromatic rings. The highest BCUT2D eigenvalue weighted by molar-refractivity contribution is 6.33. The van der Waals surface area contributed by atoms with E-state index < -0.39 is 4.92 Å². The second-order valence-corrected chi connectivity index (χ2v) is 4.00. The lowest BCUT2D eigenvalue weighted by Gasteiger charge is -2.15. The molecule has 0 spiro atoms. The first-order valence-corrected chi connectivity index (χ1v) is 5.71. The molecule has 0 amide bonds. The smallest absolute Gasteiger partial charge is 0.293 e. The van der Waals surface area contributed by atoms with Gasteiger partial charge in [0.2, 0.25) is 0 Å². The van der Waals surface area contributed by atoms with Crippen molar-refractivity contribution in [3.05, 3.63) is 33.3 Å². The minimum Gasteiger partial charge on any atom is -0.380 e. The summed E-state index contributed by atoms with van der Waals surface area (Å²) in [5.74, 6) is 0. The lowest BCUT2D eigenvalue weighted by atomic mass is 10.2. The molecule has 0 aliphatic rings. The molecule has 0 aliphatic heterocycles. The minimum absolute atomic E-state index is 0.0270. The van der Waals surface area contributed by atoms with Crippen molar-refractivity contribution in [2.75, 3.05) is 18.5 Å². The van der Waals surface area contributed by atoms with Crippen molar-refractivity contribution in [2.45, 2.75) is 19.9 Å². The fourth-order valence-electron chi connectivity index (χ4n) is 1.39. The van der Waals surface area contributed by atoms with Crippen LogP contribution >= 0.6 is 11.6 Å². The highest BCUT2D eigenvalue weighted by atomic mass is 35.5. The number of hydrogen-bond acceptors (Lipinski definition) is 4. The Hall–Kier alpha value is -1.33. The number of rotatable bonds is 6. The first-order valence-electron chi connectivity index (χ1n) is 5.33. The Kier molecular flexibility index (Phi) is 5.18. The predicted octanol–water partition coefficient (Wildman–Crippen LogP) is 3.09. The van der Waals surface area contributed by atoms with Crippen LogP contribution in [0.2, 0.25) is 5.02 Å². The Morgan fingerprint density at radius 3 is 2.88 bits per heavy atom. The van der Waals surface area contributed by atoms with Crippen molar-refractivity contribution in [3.8, 4) is 0 Å². The molecule has 1 unspecified atom stereocenters. The van der Waals surface area contributed by atoms with Crippen LogP contribution in [0.25, 0.3) is 0 Å². The van der Waals surface area contributed by atoms with Crippen molar-refractivity contribution in [1.82, 2.24) is 0 Å². The van der Waals surface area contributed by atoms with Gasteiger partial charge >= 0.3 is 0 Å². The number of nitro groups is 1. The number of ether oxygens (including phenoxy) is 1. The second-order valence-electron chi connectivity index (χ2n) is 3.60. The van der Waals surface area contributed by atoms with Gasteiger partial charge in [-0.25, -0.2) is 0 Å². The number of para-hydroxylation sites is 1. The minimum atomic E-state index is -0.457. The van der Waals surface area contributed by atoms with Gasteiger partial charge in [0.15, 0.2) is 0 Å². The third-order valence-electron chi connectivity index (χ3n) is 2.15. The van der Waals surface area contributed by atoms with Gasteiger partial charge in [-0.1, -0.05) is 17.7 Å². The number of hydrogen-bond donors (Lipinski definition) is 1. The van der Waals surface area contributed by atoms with Crippen LogP contribution in [0, 0.1) is 10.1 Å². The summed E-state index contributed by atoms with van der Waals surface area (Å²) in [6, 6.07) is 4.54. The van der Waals surface area contributed by atoms with Crippen molar-refractivity contribution in [3.63, 3.8) is 0 Å². The number of anilines is 1. The van der Waals surface area contributed by atoms with Crippen LogP contribution < -0.4 is 5.32 Å². The van der Waals surface area contributed by atoms with Gasteiger partial charge in [0, 0.05) is 18.7 Å². The van der Waals surface area contributed by atoms with Crippen LogP contribution in [-0.2, 0) is 4.74 Å². The molecule has 1 N–H and O–H groups in total. The zero-order valence-electron chi connectivity index (χ0n) is 9.77. The molecule has 1 aromatic carbocycles. The van der Waals surface area contributed by atoms with E-state index in [1.165, 1.54) is 6.07 Å². The van der Waals surface area contributed by atoms with Gasteiger partial charge in [-0.3, -0.25) is 10.1 Å². The molecule has 0 aromatic heterocycles. The van der Waals surface area contributed by atoms with Crippen LogP contribution in [-0.4, -0.2) is 24.2 Å². The van der Waals surface area contributed by atoms with Crippen LogP contribution in [0.15, 0.2) is 18.2 Å². The summed E-state index contributed by atoms with van der Waals surface area (Å²) in [6.07, 6.45) is 0. The van der Waals surface area contributed by atoms with E-state index in [2.05, 4.69) is 5.32 Å². The maximum atomic E-state index is 10.8. The maximum Gasteiger partial charge on any atom is 0.293 e. The van der Waals surface area contributed by atoms with Gasteiger partial charge in [0.25, 0.3) is 5.69 Å². The largest absolute Gasteiger partial charge is 0.380 e. The number of nitrogens with one attached hydrogen (secondary N) is 1. The number of nitrogens with zero attached hydrogens (tertiary/aromatic N) is 1. The SMILES string of the molecule is CCOCC(C)Nc1c(Cl)cccc1[N+](=O)[O-]. The van der Waals surface area contributed by atoms with E-state index in [0.717, 1.165) is 0 Å². The van der Waals surface area contributed by atoms with Gasteiger partial charge in [-0.2, -0.15) is 0 Å². The van der Waals surface area contributed by atoms with E-state index in [1.807, 2.05) is 13.8 Å². The summed E-state index contributed by atoms with van der Waals surface area (Å²) in [6.45, 7) is 4.85. The van der Waals surface area contributed by atoms with Crippen LogP contribution in [0.1, 0.15) is 13.8 Å². The highest BCUT2D eigenvalue weighted by Crippen LogP contribution is 2.32. The first-order chi connectivity index (χ1) is 8.06. The average molecular weight is 259 g/mol. The molecule has 0 bridgehead atoms. The number of halogens is 1. The molecule has 5 nitrogen and oxygen atoms in total. The van der Waals surface area contributed by atoms with Crippen molar-refractivity contribution in [2.24, 2.45) is 0 Å². The molecular formula is C11H15ClN2O3. The lowest BCUT2D eigenvalue weighted by molar-refractivity contribution is -0.384. The summed E-state index contributed by atoms with van der Waals surface area (Å²) in [7, 11) is 0. The zero-order valence-corrected chi connectivity index (χ0v) is 10.5. The van der Waals surface area contributed by atoms with E-state index in [4.69, 9.17) is 16.3 Å². The maximum absolute atomic E-state index is 10.8. The van der Waals surface area contributed by atoms with Crippen LogP contribution in [0.3, 0.4) is 0 Å².